The molecule has 0 saturated carbocycles. The van der Waals surface area contributed by atoms with Gasteiger partial charge in [0.05, 0.1) is 4.92 Å². The highest BCUT2D eigenvalue weighted by molar-refractivity contribution is 5.63. The van der Waals surface area contributed by atoms with E-state index in [2.05, 4.69) is 36.1 Å². The molecule has 0 spiro atoms. The SMILES string of the molecule is Cc1ccc(N2CCCN(c3cc(F)ccc3[N+](=O)[O-])CC2)cc1. The second kappa shape index (κ2) is 6.86. The first-order valence-corrected chi connectivity index (χ1v) is 8.05. The van der Waals surface area contributed by atoms with Crippen molar-refractivity contribution in [2.75, 3.05) is 36.0 Å². The van der Waals surface area contributed by atoms with E-state index in [0.717, 1.165) is 31.3 Å². The van der Waals surface area contributed by atoms with Gasteiger partial charge < -0.3 is 9.80 Å². The summed E-state index contributed by atoms with van der Waals surface area (Å²) in [4.78, 5) is 15.0. The van der Waals surface area contributed by atoms with Gasteiger partial charge in [0, 0.05) is 44.0 Å². The Balaban J connectivity index is 1.80. The maximum Gasteiger partial charge on any atom is 0.292 e. The van der Waals surface area contributed by atoms with Crippen molar-refractivity contribution in [3.05, 3.63) is 64.0 Å². The van der Waals surface area contributed by atoms with Gasteiger partial charge in [-0.05, 0) is 31.5 Å². The molecule has 0 aliphatic carbocycles. The van der Waals surface area contributed by atoms with Crippen molar-refractivity contribution in [3.63, 3.8) is 0 Å². The summed E-state index contributed by atoms with van der Waals surface area (Å²) in [5.41, 5.74) is 2.69. The van der Waals surface area contributed by atoms with Crippen LogP contribution < -0.4 is 9.80 Å². The summed E-state index contributed by atoms with van der Waals surface area (Å²) in [7, 11) is 0. The second-order valence-corrected chi connectivity index (χ2v) is 6.05. The lowest BCUT2D eigenvalue weighted by molar-refractivity contribution is -0.384. The number of hydrogen-bond donors (Lipinski definition) is 0. The topological polar surface area (TPSA) is 49.6 Å². The molecule has 2 aromatic carbocycles. The fraction of sp³-hybridized carbons (Fsp3) is 0.333. The van der Waals surface area contributed by atoms with Crippen molar-refractivity contribution in [1.82, 2.24) is 0 Å². The lowest BCUT2D eigenvalue weighted by Crippen LogP contribution is -2.31. The van der Waals surface area contributed by atoms with E-state index in [1.807, 2.05) is 4.90 Å². The van der Waals surface area contributed by atoms with Crippen molar-refractivity contribution < 1.29 is 9.31 Å². The largest absolute Gasteiger partial charge is 0.370 e. The van der Waals surface area contributed by atoms with Gasteiger partial charge in [0.25, 0.3) is 5.69 Å². The van der Waals surface area contributed by atoms with Crippen LogP contribution in [0.15, 0.2) is 42.5 Å². The first-order valence-electron chi connectivity index (χ1n) is 8.05. The quantitative estimate of drug-likeness (QED) is 0.635. The molecule has 24 heavy (non-hydrogen) atoms. The highest BCUT2D eigenvalue weighted by atomic mass is 19.1. The van der Waals surface area contributed by atoms with Gasteiger partial charge in [-0.3, -0.25) is 10.1 Å². The van der Waals surface area contributed by atoms with Gasteiger partial charge >= 0.3 is 0 Å². The predicted molar refractivity (Wildman–Crippen MR) is 93.3 cm³/mol. The van der Waals surface area contributed by atoms with E-state index >= 15 is 0 Å². The molecule has 6 heteroatoms. The molecule has 1 aliphatic heterocycles. The van der Waals surface area contributed by atoms with Gasteiger partial charge in [-0.1, -0.05) is 17.7 Å². The number of halogens is 1. The maximum absolute atomic E-state index is 13.6. The Labute approximate surface area is 140 Å². The molecule has 3 rings (SSSR count). The molecule has 1 fully saturated rings. The van der Waals surface area contributed by atoms with E-state index in [-0.39, 0.29) is 5.69 Å². The van der Waals surface area contributed by atoms with Crippen molar-refractivity contribution in [2.45, 2.75) is 13.3 Å². The van der Waals surface area contributed by atoms with Crippen LogP contribution in [-0.4, -0.2) is 31.1 Å². The molecule has 0 bridgehead atoms. The zero-order chi connectivity index (χ0) is 17.1. The number of hydrogen-bond acceptors (Lipinski definition) is 4. The van der Waals surface area contributed by atoms with Crippen LogP contribution in [0.2, 0.25) is 0 Å². The smallest absolute Gasteiger partial charge is 0.292 e. The number of aryl methyl sites for hydroxylation is 1. The average Bonchev–Trinajstić information content (AvgIpc) is 2.81. The minimum Gasteiger partial charge on any atom is -0.370 e. The van der Waals surface area contributed by atoms with Gasteiger partial charge in [0.2, 0.25) is 0 Å². The maximum atomic E-state index is 13.6. The van der Waals surface area contributed by atoms with E-state index in [9.17, 15) is 14.5 Å². The monoisotopic (exact) mass is 329 g/mol. The number of nitrogens with zero attached hydrogens (tertiary/aromatic N) is 3. The average molecular weight is 329 g/mol. The molecule has 0 atom stereocenters. The predicted octanol–water partition coefficient (Wildman–Crippen LogP) is 3.76. The molecule has 1 aliphatic rings. The van der Waals surface area contributed by atoms with E-state index < -0.39 is 10.7 Å². The Morgan fingerprint density at radius 3 is 2.38 bits per heavy atom. The summed E-state index contributed by atoms with van der Waals surface area (Å²) in [6.45, 7) is 4.97. The molecule has 0 amide bonds. The van der Waals surface area contributed by atoms with Gasteiger partial charge in [0.1, 0.15) is 11.5 Å². The number of rotatable bonds is 3. The zero-order valence-electron chi connectivity index (χ0n) is 13.6. The molecule has 126 valence electrons. The van der Waals surface area contributed by atoms with Crippen LogP contribution in [0.3, 0.4) is 0 Å². The van der Waals surface area contributed by atoms with Crippen molar-refractivity contribution >= 4 is 17.1 Å². The second-order valence-electron chi connectivity index (χ2n) is 6.05. The van der Waals surface area contributed by atoms with E-state index in [0.29, 0.717) is 18.8 Å². The zero-order valence-corrected chi connectivity index (χ0v) is 13.6. The molecule has 2 aromatic rings. The van der Waals surface area contributed by atoms with Crippen molar-refractivity contribution in [2.24, 2.45) is 0 Å². The molecule has 5 nitrogen and oxygen atoms in total. The lowest BCUT2D eigenvalue weighted by Gasteiger charge is -2.24. The highest BCUT2D eigenvalue weighted by Crippen LogP contribution is 2.30. The summed E-state index contributed by atoms with van der Waals surface area (Å²) in [6, 6.07) is 12.0. The summed E-state index contributed by atoms with van der Waals surface area (Å²) in [5.74, 6) is -0.449. The van der Waals surface area contributed by atoms with Gasteiger partial charge in [-0.25, -0.2) is 4.39 Å². The third-order valence-electron chi connectivity index (χ3n) is 4.37. The standard InChI is InChI=1S/C18H20FN3O2/c1-14-3-6-16(7-4-14)20-9-2-10-21(12-11-20)18-13-15(19)5-8-17(18)22(23)24/h3-8,13H,2,9-12H2,1H3. The Bertz CT molecular complexity index is 734. The Morgan fingerprint density at radius 1 is 1.00 bits per heavy atom. The van der Waals surface area contributed by atoms with Crippen LogP contribution in [0.4, 0.5) is 21.5 Å². The van der Waals surface area contributed by atoms with Crippen molar-refractivity contribution in [3.8, 4) is 0 Å². The fourth-order valence-corrected chi connectivity index (χ4v) is 3.08. The van der Waals surface area contributed by atoms with Gasteiger partial charge in [-0.2, -0.15) is 0 Å². The molecule has 0 aromatic heterocycles. The molecule has 0 N–H and O–H groups in total. The van der Waals surface area contributed by atoms with Crippen LogP contribution in [0.5, 0.6) is 0 Å². The van der Waals surface area contributed by atoms with E-state index in [1.54, 1.807) is 0 Å². The molecule has 0 unspecified atom stereocenters. The van der Waals surface area contributed by atoms with Crippen LogP contribution >= 0.6 is 0 Å². The van der Waals surface area contributed by atoms with Crippen LogP contribution in [-0.2, 0) is 0 Å². The Hall–Kier alpha value is -2.63. The van der Waals surface area contributed by atoms with Crippen LogP contribution in [0.1, 0.15) is 12.0 Å². The summed E-state index contributed by atoms with van der Waals surface area (Å²) in [5, 5.41) is 11.2. The molecular formula is C18H20FN3O2. The first-order chi connectivity index (χ1) is 11.5. The molecule has 1 saturated heterocycles. The highest BCUT2D eigenvalue weighted by Gasteiger charge is 2.23. The summed E-state index contributed by atoms with van der Waals surface area (Å²) < 4.78 is 13.6. The van der Waals surface area contributed by atoms with Crippen LogP contribution in [0.25, 0.3) is 0 Å². The number of nitro benzene ring substituents is 1. The number of nitro groups is 1. The first kappa shape index (κ1) is 16.2. The van der Waals surface area contributed by atoms with Crippen molar-refractivity contribution in [1.29, 1.82) is 0 Å². The lowest BCUT2D eigenvalue weighted by atomic mass is 10.2. The van der Waals surface area contributed by atoms with Gasteiger partial charge in [-0.15, -0.1) is 0 Å². The van der Waals surface area contributed by atoms with Gasteiger partial charge in [0.15, 0.2) is 0 Å². The minimum absolute atomic E-state index is 0.0415. The third kappa shape index (κ3) is 3.48. The third-order valence-corrected chi connectivity index (χ3v) is 4.37. The summed E-state index contributed by atoms with van der Waals surface area (Å²) in [6.07, 6.45) is 0.863. The van der Waals surface area contributed by atoms with E-state index in [4.69, 9.17) is 0 Å². The molecule has 0 radical (unpaired) electrons. The van der Waals surface area contributed by atoms with E-state index in [1.165, 1.54) is 17.7 Å². The molecular weight excluding hydrogens is 309 g/mol. The minimum atomic E-state index is -0.449. The fourth-order valence-electron chi connectivity index (χ4n) is 3.08. The Kier molecular flexibility index (Phi) is 4.64. The number of anilines is 2. The summed E-state index contributed by atoms with van der Waals surface area (Å²) >= 11 is 0. The molecule has 1 heterocycles. The normalized spacial score (nSPS) is 15.2. The Morgan fingerprint density at radius 2 is 1.67 bits per heavy atom. The van der Waals surface area contributed by atoms with Crippen LogP contribution in [0, 0.1) is 22.9 Å². The number of benzene rings is 2.